The Morgan fingerprint density at radius 1 is 1.27 bits per heavy atom. The van der Waals surface area contributed by atoms with Crippen molar-refractivity contribution < 1.29 is 9.90 Å². The van der Waals surface area contributed by atoms with Gasteiger partial charge in [-0.15, -0.1) is 0 Å². The molecule has 0 aromatic heterocycles. The van der Waals surface area contributed by atoms with Crippen molar-refractivity contribution in [2.45, 2.75) is 31.2 Å². The first-order valence-corrected chi connectivity index (χ1v) is 5.25. The number of phenolic OH excluding ortho intramolecular Hbond substituents is 1. The van der Waals surface area contributed by atoms with Gasteiger partial charge in [0.05, 0.1) is 0 Å². The van der Waals surface area contributed by atoms with Gasteiger partial charge in [-0.2, -0.15) is 0 Å². The number of aromatic hydroxyl groups is 1. The SMILES string of the molecule is N[C@@]1(c2ccccc2O)CCCCC1=O. The molecule has 15 heavy (non-hydrogen) atoms. The Hall–Kier alpha value is -1.35. The van der Waals surface area contributed by atoms with Crippen LogP contribution in [-0.4, -0.2) is 10.9 Å². The van der Waals surface area contributed by atoms with E-state index in [0.29, 0.717) is 18.4 Å². The van der Waals surface area contributed by atoms with Crippen LogP contribution in [0.2, 0.25) is 0 Å². The van der Waals surface area contributed by atoms with E-state index in [0.717, 1.165) is 12.8 Å². The normalized spacial score (nSPS) is 26.6. The van der Waals surface area contributed by atoms with Crippen LogP contribution < -0.4 is 5.73 Å². The van der Waals surface area contributed by atoms with Gasteiger partial charge in [-0.1, -0.05) is 24.6 Å². The third-order valence-corrected chi connectivity index (χ3v) is 3.11. The Labute approximate surface area is 88.9 Å². The lowest BCUT2D eigenvalue weighted by Crippen LogP contribution is -2.46. The van der Waals surface area contributed by atoms with Crippen LogP contribution in [0.5, 0.6) is 5.75 Å². The minimum absolute atomic E-state index is 0.0373. The summed E-state index contributed by atoms with van der Waals surface area (Å²) in [6, 6.07) is 6.84. The molecule has 1 aromatic carbocycles. The quantitative estimate of drug-likeness (QED) is 0.733. The van der Waals surface area contributed by atoms with Crippen molar-refractivity contribution in [1.82, 2.24) is 0 Å². The van der Waals surface area contributed by atoms with Crippen LogP contribution >= 0.6 is 0 Å². The third-order valence-electron chi connectivity index (χ3n) is 3.11. The summed E-state index contributed by atoms with van der Waals surface area (Å²) in [4.78, 5) is 11.8. The van der Waals surface area contributed by atoms with E-state index in [1.54, 1.807) is 24.3 Å². The minimum Gasteiger partial charge on any atom is -0.508 e. The predicted molar refractivity (Wildman–Crippen MR) is 57.4 cm³/mol. The lowest BCUT2D eigenvalue weighted by atomic mass is 9.76. The van der Waals surface area contributed by atoms with Crippen molar-refractivity contribution in [2.75, 3.05) is 0 Å². The first-order chi connectivity index (χ1) is 7.14. The molecule has 1 fully saturated rings. The van der Waals surface area contributed by atoms with Crippen LogP contribution in [0.3, 0.4) is 0 Å². The topological polar surface area (TPSA) is 63.3 Å². The van der Waals surface area contributed by atoms with Crippen LogP contribution in [0.1, 0.15) is 31.2 Å². The fraction of sp³-hybridized carbons (Fsp3) is 0.417. The van der Waals surface area contributed by atoms with Gasteiger partial charge in [0.25, 0.3) is 0 Å². The number of hydrogen-bond donors (Lipinski definition) is 2. The van der Waals surface area contributed by atoms with Crippen molar-refractivity contribution in [3.8, 4) is 5.75 Å². The van der Waals surface area contributed by atoms with Crippen molar-refractivity contribution in [2.24, 2.45) is 5.73 Å². The van der Waals surface area contributed by atoms with E-state index in [4.69, 9.17) is 5.73 Å². The molecule has 3 N–H and O–H groups in total. The standard InChI is InChI=1S/C12H15NO2/c13-12(8-4-3-7-11(12)15)9-5-1-2-6-10(9)14/h1-2,5-6,14H,3-4,7-8,13H2/t12-/m1/s1. The predicted octanol–water partition coefficient (Wildman–Crippen LogP) is 1.69. The zero-order valence-corrected chi connectivity index (χ0v) is 8.57. The van der Waals surface area contributed by atoms with E-state index < -0.39 is 5.54 Å². The van der Waals surface area contributed by atoms with Gasteiger partial charge in [0, 0.05) is 12.0 Å². The Balaban J connectivity index is 2.44. The Morgan fingerprint density at radius 3 is 2.67 bits per heavy atom. The third kappa shape index (κ3) is 1.63. The lowest BCUT2D eigenvalue weighted by molar-refractivity contribution is -0.126. The molecule has 0 radical (unpaired) electrons. The summed E-state index contributed by atoms with van der Waals surface area (Å²) in [5.41, 5.74) is 5.71. The van der Waals surface area contributed by atoms with Gasteiger partial charge in [0.15, 0.2) is 5.78 Å². The monoisotopic (exact) mass is 205 g/mol. The zero-order valence-electron chi connectivity index (χ0n) is 8.57. The highest BCUT2D eigenvalue weighted by Gasteiger charge is 2.38. The van der Waals surface area contributed by atoms with Gasteiger partial charge in [-0.3, -0.25) is 4.79 Å². The van der Waals surface area contributed by atoms with Crippen molar-refractivity contribution >= 4 is 5.78 Å². The Bertz CT molecular complexity index is 389. The average molecular weight is 205 g/mol. The highest BCUT2D eigenvalue weighted by Crippen LogP contribution is 2.36. The summed E-state index contributed by atoms with van der Waals surface area (Å²) in [6.07, 6.45) is 3.00. The van der Waals surface area contributed by atoms with E-state index in [-0.39, 0.29) is 11.5 Å². The summed E-state index contributed by atoms with van der Waals surface area (Å²) in [6.45, 7) is 0. The number of phenols is 1. The summed E-state index contributed by atoms with van der Waals surface area (Å²) < 4.78 is 0. The first-order valence-electron chi connectivity index (χ1n) is 5.25. The van der Waals surface area contributed by atoms with Gasteiger partial charge in [0.2, 0.25) is 0 Å². The number of para-hydroxylation sites is 1. The highest BCUT2D eigenvalue weighted by atomic mass is 16.3. The molecule has 0 saturated heterocycles. The van der Waals surface area contributed by atoms with Crippen molar-refractivity contribution in [1.29, 1.82) is 0 Å². The number of nitrogens with two attached hydrogens (primary N) is 1. The molecule has 1 aliphatic rings. The fourth-order valence-corrected chi connectivity index (χ4v) is 2.19. The number of rotatable bonds is 1. The molecule has 0 aliphatic heterocycles. The van der Waals surface area contributed by atoms with Crippen LogP contribution in [0, 0.1) is 0 Å². The molecular formula is C12H15NO2. The fourth-order valence-electron chi connectivity index (χ4n) is 2.19. The van der Waals surface area contributed by atoms with Crippen molar-refractivity contribution in [3.63, 3.8) is 0 Å². The van der Waals surface area contributed by atoms with Crippen LogP contribution in [0.4, 0.5) is 0 Å². The maximum Gasteiger partial charge on any atom is 0.157 e. The van der Waals surface area contributed by atoms with Crippen LogP contribution in [0.25, 0.3) is 0 Å². The van der Waals surface area contributed by atoms with E-state index in [2.05, 4.69) is 0 Å². The Kier molecular flexibility index (Phi) is 2.49. The molecule has 0 bridgehead atoms. The largest absolute Gasteiger partial charge is 0.508 e. The molecule has 3 nitrogen and oxygen atoms in total. The van der Waals surface area contributed by atoms with Gasteiger partial charge in [-0.05, 0) is 18.9 Å². The molecule has 1 aromatic rings. The summed E-state index contributed by atoms with van der Waals surface area (Å²) >= 11 is 0. The van der Waals surface area contributed by atoms with Crippen LogP contribution in [-0.2, 0) is 10.3 Å². The summed E-state index contributed by atoms with van der Waals surface area (Å²) in [5, 5.41) is 9.71. The number of carbonyl (C=O) groups is 1. The molecule has 0 heterocycles. The number of ketones is 1. The molecule has 1 atom stereocenters. The second-order valence-corrected chi connectivity index (χ2v) is 4.12. The van der Waals surface area contributed by atoms with E-state index in [9.17, 15) is 9.90 Å². The van der Waals surface area contributed by atoms with Gasteiger partial charge < -0.3 is 10.8 Å². The lowest BCUT2D eigenvalue weighted by Gasteiger charge is -2.32. The van der Waals surface area contributed by atoms with Gasteiger partial charge in [-0.25, -0.2) is 0 Å². The second kappa shape index (κ2) is 3.66. The zero-order chi connectivity index (χ0) is 10.9. The highest BCUT2D eigenvalue weighted by molar-refractivity contribution is 5.90. The maximum atomic E-state index is 11.8. The maximum absolute atomic E-state index is 11.8. The first kappa shape index (κ1) is 10.2. The number of benzene rings is 1. The number of hydrogen-bond acceptors (Lipinski definition) is 3. The minimum atomic E-state index is -0.969. The number of Topliss-reactive ketones (excluding diaryl/α,β-unsaturated/α-hetero) is 1. The average Bonchev–Trinajstić information content (AvgIpc) is 2.23. The van der Waals surface area contributed by atoms with E-state index in [1.165, 1.54) is 0 Å². The summed E-state index contributed by atoms with van der Waals surface area (Å²) in [5.74, 6) is 0.158. The van der Waals surface area contributed by atoms with E-state index >= 15 is 0 Å². The molecule has 0 spiro atoms. The molecular weight excluding hydrogens is 190 g/mol. The van der Waals surface area contributed by atoms with Gasteiger partial charge in [0.1, 0.15) is 11.3 Å². The van der Waals surface area contributed by atoms with E-state index in [1.807, 2.05) is 0 Å². The molecule has 1 saturated carbocycles. The van der Waals surface area contributed by atoms with Gasteiger partial charge >= 0.3 is 0 Å². The Morgan fingerprint density at radius 2 is 2.00 bits per heavy atom. The molecule has 1 aliphatic carbocycles. The van der Waals surface area contributed by atoms with Crippen LogP contribution in [0.15, 0.2) is 24.3 Å². The van der Waals surface area contributed by atoms with Crippen molar-refractivity contribution in [3.05, 3.63) is 29.8 Å². The molecule has 0 amide bonds. The molecule has 2 rings (SSSR count). The molecule has 80 valence electrons. The summed E-state index contributed by atoms with van der Waals surface area (Å²) in [7, 11) is 0. The number of carbonyl (C=O) groups excluding carboxylic acids is 1. The molecule has 0 unspecified atom stereocenters. The second-order valence-electron chi connectivity index (χ2n) is 4.12. The smallest absolute Gasteiger partial charge is 0.157 e. The molecule has 3 heteroatoms.